The maximum absolute atomic E-state index is 12.5. The van der Waals surface area contributed by atoms with Gasteiger partial charge in [0.15, 0.2) is 6.10 Å². The zero-order valence-electron chi connectivity index (χ0n) is 15.7. The Morgan fingerprint density at radius 2 is 1.67 bits per heavy atom. The molecule has 0 aromatic heterocycles. The summed E-state index contributed by atoms with van der Waals surface area (Å²) in [4.78, 5) is 12.0. The second-order valence-corrected chi connectivity index (χ2v) is 7.91. The first-order valence-corrected chi connectivity index (χ1v) is 9.93. The second-order valence-electron chi connectivity index (χ2n) is 6.23. The van der Waals surface area contributed by atoms with Crippen LogP contribution in [0.4, 0.5) is 5.69 Å². The van der Waals surface area contributed by atoms with Crippen LogP contribution in [0.1, 0.15) is 20.8 Å². The number of benzene rings is 2. The smallest absolute Gasteiger partial charge is 0.261 e. The van der Waals surface area contributed by atoms with Crippen LogP contribution in [0.15, 0.2) is 53.4 Å². The predicted octanol–water partition coefficient (Wildman–Crippen LogP) is 2.79. The predicted molar refractivity (Wildman–Crippen MR) is 104 cm³/mol. The van der Waals surface area contributed by atoms with Gasteiger partial charge in [-0.1, -0.05) is 6.07 Å². The van der Waals surface area contributed by atoms with E-state index < -0.39 is 16.1 Å². The van der Waals surface area contributed by atoms with E-state index in [1.807, 2.05) is 13.8 Å². The van der Waals surface area contributed by atoms with Crippen molar-refractivity contribution in [1.29, 1.82) is 0 Å². The first kappa shape index (κ1) is 20.6. The molecule has 0 spiro atoms. The maximum Gasteiger partial charge on any atom is 0.261 e. The summed E-state index contributed by atoms with van der Waals surface area (Å²) in [5.74, 6) is 0.718. The van der Waals surface area contributed by atoms with Gasteiger partial charge in [0.25, 0.3) is 15.9 Å². The molecule has 0 fully saturated rings. The lowest BCUT2D eigenvalue weighted by Gasteiger charge is -2.16. The summed E-state index contributed by atoms with van der Waals surface area (Å²) in [5.41, 5.74) is 0.397. The molecule has 1 atom stereocenters. The molecule has 0 radical (unpaired) electrons. The molecular formula is C19H24N2O5S. The van der Waals surface area contributed by atoms with E-state index in [-0.39, 0.29) is 16.8 Å². The lowest BCUT2D eigenvalue weighted by molar-refractivity contribution is -0.127. The quantitative estimate of drug-likeness (QED) is 0.720. The number of sulfonamides is 1. The van der Waals surface area contributed by atoms with Crippen LogP contribution < -0.4 is 19.5 Å². The van der Waals surface area contributed by atoms with E-state index in [4.69, 9.17) is 9.47 Å². The highest BCUT2D eigenvalue weighted by atomic mass is 32.2. The molecule has 2 aromatic rings. The van der Waals surface area contributed by atoms with Crippen molar-refractivity contribution in [2.45, 2.75) is 37.8 Å². The van der Waals surface area contributed by atoms with Crippen molar-refractivity contribution in [3.63, 3.8) is 0 Å². The molecule has 0 aliphatic rings. The maximum atomic E-state index is 12.5. The van der Waals surface area contributed by atoms with E-state index in [0.717, 1.165) is 0 Å². The SMILES string of the molecule is COc1cccc(NS(=O)(=O)c2ccc(O[C@@H](C)C(=O)NC(C)C)cc2)c1. The van der Waals surface area contributed by atoms with E-state index in [9.17, 15) is 13.2 Å². The number of carbonyl (C=O) groups is 1. The van der Waals surface area contributed by atoms with Crippen LogP contribution in [0, 0.1) is 0 Å². The molecule has 0 aliphatic carbocycles. The summed E-state index contributed by atoms with van der Waals surface area (Å²) >= 11 is 0. The minimum atomic E-state index is -3.76. The number of nitrogens with one attached hydrogen (secondary N) is 2. The van der Waals surface area contributed by atoms with Crippen molar-refractivity contribution < 1.29 is 22.7 Å². The molecule has 2 N–H and O–H groups in total. The zero-order chi connectivity index (χ0) is 20.0. The number of hydrogen-bond acceptors (Lipinski definition) is 5. The lowest BCUT2D eigenvalue weighted by Crippen LogP contribution is -2.40. The number of anilines is 1. The monoisotopic (exact) mass is 392 g/mol. The fourth-order valence-corrected chi connectivity index (χ4v) is 3.31. The molecule has 0 heterocycles. The highest BCUT2D eigenvalue weighted by Gasteiger charge is 2.17. The second kappa shape index (κ2) is 8.77. The van der Waals surface area contributed by atoms with Crippen molar-refractivity contribution in [1.82, 2.24) is 5.32 Å². The Morgan fingerprint density at radius 3 is 2.26 bits per heavy atom. The van der Waals surface area contributed by atoms with Crippen molar-refractivity contribution in [2.24, 2.45) is 0 Å². The van der Waals surface area contributed by atoms with Gasteiger partial charge in [0, 0.05) is 12.1 Å². The lowest BCUT2D eigenvalue weighted by atomic mass is 10.3. The van der Waals surface area contributed by atoms with Crippen molar-refractivity contribution in [2.75, 3.05) is 11.8 Å². The Morgan fingerprint density at radius 1 is 1.00 bits per heavy atom. The van der Waals surface area contributed by atoms with E-state index in [1.54, 1.807) is 31.2 Å². The third kappa shape index (κ3) is 5.89. The van der Waals surface area contributed by atoms with Crippen molar-refractivity contribution in [3.05, 3.63) is 48.5 Å². The van der Waals surface area contributed by atoms with Crippen LogP contribution in [0.5, 0.6) is 11.5 Å². The van der Waals surface area contributed by atoms with Crippen LogP contribution in [0.3, 0.4) is 0 Å². The topological polar surface area (TPSA) is 93.7 Å². The Bertz CT molecular complexity index is 879. The fourth-order valence-electron chi connectivity index (χ4n) is 2.26. The van der Waals surface area contributed by atoms with Gasteiger partial charge in [0.05, 0.1) is 17.7 Å². The van der Waals surface area contributed by atoms with Crippen LogP contribution in [0.2, 0.25) is 0 Å². The Labute approximate surface area is 159 Å². The number of ether oxygens (including phenoxy) is 2. The highest BCUT2D eigenvalue weighted by Crippen LogP contribution is 2.22. The molecule has 0 saturated carbocycles. The molecule has 2 aromatic carbocycles. The summed E-state index contributed by atoms with van der Waals surface area (Å²) in [7, 11) is -2.25. The molecule has 0 bridgehead atoms. The Balaban J connectivity index is 2.07. The zero-order valence-corrected chi connectivity index (χ0v) is 16.5. The van der Waals surface area contributed by atoms with Crippen LogP contribution in [-0.4, -0.2) is 33.6 Å². The normalized spacial score (nSPS) is 12.3. The van der Waals surface area contributed by atoms with E-state index in [1.165, 1.54) is 31.4 Å². The minimum Gasteiger partial charge on any atom is -0.497 e. The van der Waals surface area contributed by atoms with Crippen molar-refractivity contribution in [3.8, 4) is 11.5 Å². The number of carbonyl (C=O) groups excluding carboxylic acids is 1. The number of amides is 1. The van der Waals surface area contributed by atoms with Crippen LogP contribution in [0.25, 0.3) is 0 Å². The van der Waals surface area contributed by atoms with Gasteiger partial charge in [0.2, 0.25) is 0 Å². The summed E-state index contributed by atoms with van der Waals surface area (Å²) in [5, 5.41) is 2.75. The third-order valence-corrected chi connectivity index (χ3v) is 4.97. The van der Waals surface area contributed by atoms with Gasteiger partial charge in [-0.25, -0.2) is 8.42 Å². The molecule has 1 amide bonds. The molecule has 2 rings (SSSR count). The molecule has 146 valence electrons. The molecule has 0 unspecified atom stereocenters. The summed E-state index contributed by atoms with van der Waals surface area (Å²) in [6.07, 6.45) is -0.690. The average Bonchev–Trinajstić information content (AvgIpc) is 2.61. The van der Waals surface area contributed by atoms with Gasteiger partial charge in [-0.15, -0.1) is 0 Å². The van der Waals surface area contributed by atoms with E-state index >= 15 is 0 Å². The molecule has 7 nitrogen and oxygen atoms in total. The van der Waals surface area contributed by atoms with E-state index in [2.05, 4.69) is 10.0 Å². The van der Waals surface area contributed by atoms with Gasteiger partial charge < -0.3 is 14.8 Å². The minimum absolute atomic E-state index is 0.0127. The number of rotatable bonds is 8. The molecular weight excluding hydrogens is 368 g/mol. The Hall–Kier alpha value is -2.74. The van der Waals surface area contributed by atoms with Crippen LogP contribution >= 0.6 is 0 Å². The molecule has 0 aliphatic heterocycles. The Kier molecular flexibility index (Phi) is 6.68. The van der Waals surface area contributed by atoms with Gasteiger partial charge in [-0.05, 0) is 57.2 Å². The average molecular weight is 392 g/mol. The van der Waals surface area contributed by atoms with Gasteiger partial charge in [-0.2, -0.15) is 0 Å². The number of hydrogen-bond donors (Lipinski definition) is 2. The van der Waals surface area contributed by atoms with E-state index in [0.29, 0.717) is 17.2 Å². The van der Waals surface area contributed by atoms with Gasteiger partial charge >= 0.3 is 0 Å². The number of methoxy groups -OCH3 is 1. The molecule has 0 saturated heterocycles. The standard InChI is InChI=1S/C19H24N2O5S/c1-13(2)20-19(22)14(3)26-16-8-10-18(11-9-16)27(23,24)21-15-6-5-7-17(12-15)25-4/h5-14,21H,1-4H3,(H,20,22)/t14-/m0/s1. The first-order chi connectivity index (χ1) is 12.7. The van der Waals surface area contributed by atoms with Gasteiger partial charge in [0.1, 0.15) is 11.5 Å². The third-order valence-electron chi connectivity index (χ3n) is 3.57. The molecule has 27 heavy (non-hydrogen) atoms. The molecule has 8 heteroatoms. The van der Waals surface area contributed by atoms with Gasteiger partial charge in [-0.3, -0.25) is 9.52 Å². The highest BCUT2D eigenvalue weighted by molar-refractivity contribution is 7.92. The van der Waals surface area contributed by atoms with Crippen LogP contribution in [-0.2, 0) is 14.8 Å². The first-order valence-electron chi connectivity index (χ1n) is 8.45. The summed E-state index contributed by atoms with van der Waals surface area (Å²) in [6.45, 7) is 5.35. The summed E-state index contributed by atoms with van der Waals surface area (Å²) in [6, 6.07) is 12.5. The largest absolute Gasteiger partial charge is 0.497 e. The summed E-state index contributed by atoms with van der Waals surface area (Å²) < 4.78 is 38.1. The van der Waals surface area contributed by atoms with Crippen molar-refractivity contribution >= 4 is 21.6 Å². The fraction of sp³-hybridized carbons (Fsp3) is 0.316.